The third-order valence-electron chi connectivity index (χ3n) is 9.22. The van der Waals surface area contributed by atoms with Gasteiger partial charge in [-0.15, -0.1) is 0 Å². The van der Waals surface area contributed by atoms with Crippen LogP contribution in [0, 0.1) is 0 Å². The van der Waals surface area contributed by atoms with Gasteiger partial charge in [0.25, 0.3) is 0 Å². The Morgan fingerprint density at radius 1 is 0.571 bits per heavy atom. The van der Waals surface area contributed by atoms with Gasteiger partial charge in [-0.05, 0) is 83.5 Å². The number of hydrogen-bond acceptors (Lipinski definition) is 6. The lowest BCUT2D eigenvalue weighted by Gasteiger charge is -2.17. The number of aliphatic hydroxyl groups is 1. The van der Waals surface area contributed by atoms with Crippen molar-refractivity contribution in [3.05, 3.63) is 72.9 Å². The number of aliphatic hydroxyl groups excluding tert-OH is 1. The molecule has 9 nitrogen and oxygen atoms in total. The number of carboxylic acids is 1. The second kappa shape index (κ2) is 40.9. The fourth-order valence-electron chi connectivity index (χ4n) is 5.91. The average molecular weight is 783 g/mol. The predicted molar refractivity (Wildman–Crippen MR) is 231 cm³/mol. The molecule has 4 N–H and O–H groups in total. The Balaban J connectivity index is 4.52. The normalized spacial score (nSPS) is 13.2. The Kier molecular flexibility index (Phi) is 38.2. The number of carbonyl (C=O) groups is 4. The van der Waals surface area contributed by atoms with Crippen LogP contribution in [0.4, 0.5) is 0 Å². The highest BCUT2D eigenvalue weighted by atomic mass is 16.5. The summed E-state index contributed by atoms with van der Waals surface area (Å²) in [4.78, 5) is 47.5. The predicted octanol–water partition coefficient (Wildman–Crippen LogP) is 10.7. The van der Waals surface area contributed by atoms with Gasteiger partial charge in [-0.1, -0.05) is 151 Å². The van der Waals surface area contributed by atoms with Crippen LogP contribution in [0.25, 0.3) is 0 Å². The standard InChI is InChI=1S/C47H78N2O7/c1-3-5-7-9-11-13-15-17-18-20-22-24-26-31-35-39-46(53)56-42(36-32-28-25-23-21-19-16-14-12-10-8-6-4-2)37-33-29-27-30-34-38-44(51)48-40-45(52)49-43(41-50)47(54)55/h5,7,11,13,17-18,22-25,31,35,42-43,50H,3-4,6,8-10,12,14-16,19-21,26-30,32-34,36-41H2,1-2H3,(H,48,51)(H,49,52)(H,54,55)/b7-5-,13-11-,18-17-,24-22-,25-23-,35-31-. The quantitative estimate of drug-likeness (QED) is 0.0277. The van der Waals surface area contributed by atoms with Crippen molar-refractivity contribution in [1.82, 2.24) is 10.6 Å². The topological polar surface area (TPSA) is 142 Å². The van der Waals surface area contributed by atoms with E-state index in [2.05, 4.69) is 85.2 Å². The summed E-state index contributed by atoms with van der Waals surface area (Å²) in [6.07, 6.45) is 50.8. The highest BCUT2D eigenvalue weighted by molar-refractivity contribution is 5.87. The van der Waals surface area contributed by atoms with Gasteiger partial charge in [0.15, 0.2) is 0 Å². The molecule has 0 aromatic heterocycles. The van der Waals surface area contributed by atoms with Crippen molar-refractivity contribution in [2.75, 3.05) is 13.2 Å². The van der Waals surface area contributed by atoms with Crippen molar-refractivity contribution >= 4 is 23.8 Å². The van der Waals surface area contributed by atoms with Gasteiger partial charge in [-0.3, -0.25) is 14.4 Å². The minimum atomic E-state index is -1.39. The van der Waals surface area contributed by atoms with Crippen LogP contribution in [0.3, 0.4) is 0 Å². The van der Waals surface area contributed by atoms with E-state index in [-0.39, 0.29) is 37.4 Å². The van der Waals surface area contributed by atoms with E-state index in [1.807, 2.05) is 12.2 Å². The van der Waals surface area contributed by atoms with Crippen LogP contribution in [0.15, 0.2) is 72.9 Å². The molecule has 0 saturated heterocycles. The Labute approximate surface area is 340 Å². The van der Waals surface area contributed by atoms with Crippen LogP contribution < -0.4 is 10.6 Å². The zero-order valence-corrected chi connectivity index (χ0v) is 35.1. The summed E-state index contributed by atoms with van der Waals surface area (Å²) in [6, 6.07) is -1.39. The number of unbranched alkanes of at least 4 members (excludes halogenated alkanes) is 13. The van der Waals surface area contributed by atoms with Crippen molar-refractivity contribution in [2.45, 2.75) is 187 Å². The molecule has 0 aliphatic rings. The van der Waals surface area contributed by atoms with E-state index in [1.165, 1.54) is 51.4 Å². The highest BCUT2D eigenvalue weighted by Gasteiger charge is 2.19. The van der Waals surface area contributed by atoms with Gasteiger partial charge >= 0.3 is 11.9 Å². The molecule has 0 fully saturated rings. The van der Waals surface area contributed by atoms with Gasteiger partial charge in [-0.2, -0.15) is 0 Å². The number of rotatable bonds is 38. The first-order chi connectivity index (χ1) is 27.3. The molecule has 0 aromatic rings. The number of nitrogens with one attached hydrogen (secondary N) is 2. The molecular formula is C47H78N2O7. The fraction of sp³-hybridized carbons (Fsp3) is 0.660. The number of aliphatic carboxylic acids is 1. The van der Waals surface area contributed by atoms with E-state index in [1.54, 1.807) is 0 Å². The Bertz CT molecular complexity index is 1170. The molecule has 0 aliphatic carbocycles. The molecule has 9 heteroatoms. The maximum atomic E-state index is 12.7. The summed E-state index contributed by atoms with van der Waals surface area (Å²) >= 11 is 0. The maximum Gasteiger partial charge on any atom is 0.328 e. The van der Waals surface area contributed by atoms with Gasteiger partial charge in [-0.25, -0.2) is 4.79 Å². The van der Waals surface area contributed by atoms with Crippen LogP contribution >= 0.6 is 0 Å². The smallest absolute Gasteiger partial charge is 0.328 e. The number of allylic oxidation sites excluding steroid dienone is 11. The molecular weight excluding hydrogens is 705 g/mol. The van der Waals surface area contributed by atoms with Crippen LogP contribution in [-0.4, -0.2) is 59.3 Å². The Morgan fingerprint density at radius 3 is 1.64 bits per heavy atom. The molecule has 56 heavy (non-hydrogen) atoms. The molecule has 0 rings (SSSR count). The van der Waals surface area contributed by atoms with E-state index >= 15 is 0 Å². The Morgan fingerprint density at radius 2 is 1.07 bits per heavy atom. The summed E-state index contributed by atoms with van der Waals surface area (Å²) < 4.78 is 5.94. The average Bonchev–Trinajstić information content (AvgIpc) is 3.18. The van der Waals surface area contributed by atoms with Crippen molar-refractivity contribution in [2.24, 2.45) is 0 Å². The molecule has 0 radical (unpaired) electrons. The molecule has 0 aliphatic heterocycles. The molecule has 2 atom stereocenters. The molecule has 2 unspecified atom stereocenters. The molecule has 0 saturated carbocycles. The lowest BCUT2D eigenvalue weighted by atomic mass is 10.0. The Hall–Kier alpha value is -3.72. The first-order valence-electron chi connectivity index (χ1n) is 21.8. The van der Waals surface area contributed by atoms with Crippen molar-refractivity contribution < 1.29 is 34.1 Å². The molecule has 0 spiro atoms. The number of amides is 2. The van der Waals surface area contributed by atoms with E-state index in [9.17, 15) is 19.2 Å². The molecule has 0 heterocycles. The maximum absolute atomic E-state index is 12.7. The van der Waals surface area contributed by atoms with Crippen LogP contribution in [0.1, 0.15) is 174 Å². The molecule has 0 bridgehead atoms. The largest absolute Gasteiger partial charge is 0.480 e. The lowest BCUT2D eigenvalue weighted by Crippen LogP contribution is -2.47. The van der Waals surface area contributed by atoms with E-state index in [4.69, 9.17) is 14.9 Å². The number of carbonyl (C=O) groups excluding carboxylic acids is 3. The first-order valence-corrected chi connectivity index (χ1v) is 21.8. The van der Waals surface area contributed by atoms with Gasteiger partial charge in [0.05, 0.1) is 19.6 Å². The van der Waals surface area contributed by atoms with Gasteiger partial charge in [0, 0.05) is 6.42 Å². The zero-order chi connectivity index (χ0) is 41.2. The zero-order valence-electron chi connectivity index (χ0n) is 35.1. The minimum absolute atomic E-state index is 0.102. The number of esters is 1. The monoisotopic (exact) mass is 783 g/mol. The van der Waals surface area contributed by atoms with E-state index in [0.717, 1.165) is 89.9 Å². The third-order valence-corrected chi connectivity index (χ3v) is 9.22. The third kappa shape index (κ3) is 37.2. The lowest BCUT2D eigenvalue weighted by molar-refractivity contribution is -0.148. The first kappa shape index (κ1) is 52.3. The van der Waals surface area contributed by atoms with Gasteiger partial charge in [0.1, 0.15) is 12.1 Å². The molecule has 318 valence electrons. The van der Waals surface area contributed by atoms with E-state index in [0.29, 0.717) is 6.42 Å². The molecule has 0 aromatic carbocycles. The second-order valence-electron chi connectivity index (χ2n) is 14.4. The summed E-state index contributed by atoms with van der Waals surface area (Å²) in [5.74, 6) is -2.46. The number of ether oxygens (including phenoxy) is 1. The number of hydrogen-bond donors (Lipinski definition) is 4. The van der Waals surface area contributed by atoms with Crippen molar-refractivity contribution in [3.8, 4) is 0 Å². The number of carboxylic acid groups (broad SMARTS) is 1. The summed E-state index contributed by atoms with van der Waals surface area (Å²) in [5.41, 5.74) is 0. The van der Waals surface area contributed by atoms with Crippen molar-refractivity contribution in [1.29, 1.82) is 0 Å². The second-order valence-corrected chi connectivity index (χ2v) is 14.4. The van der Waals surface area contributed by atoms with E-state index < -0.39 is 24.5 Å². The van der Waals surface area contributed by atoms with Crippen LogP contribution in [0.5, 0.6) is 0 Å². The highest BCUT2D eigenvalue weighted by Crippen LogP contribution is 2.17. The summed E-state index contributed by atoms with van der Waals surface area (Å²) in [7, 11) is 0. The van der Waals surface area contributed by atoms with Crippen LogP contribution in [0.2, 0.25) is 0 Å². The van der Waals surface area contributed by atoms with Gasteiger partial charge in [0.2, 0.25) is 11.8 Å². The van der Waals surface area contributed by atoms with Gasteiger partial charge < -0.3 is 25.6 Å². The minimum Gasteiger partial charge on any atom is -0.480 e. The SMILES string of the molecule is CC/C=C\C/C=C\C/C=C\C/C=C\C/C=C\CC(=O)OC(CCC/C=C\CCCCCCCCCC)CCCCCCCC(=O)NCC(=O)NC(CO)C(=O)O. The van der Waals surface area contributed by atoms with Crippen molar-refractivity contribution in [3.63, 3.8) is 0 Å². The summed E-state index contributed by atoms with van der Waals surface area (Å²) in [5, 5.41) is 22.5. The fourth-order valence-corrected chi connectivity index (χ4v) is 5.91. The van der Waals surface area contributed by atoms with Crippen LogP contribution in [-0.2, 0) is 23.9 Å². The molecule has 2 amide bonds. The summed E-state index contributed by atoms with van der Waals surface area (Å²) in [6.45, 7) is 3.34.